The van der Waals surface area contributed by atoms with Gasteiger partial charge in [-0.1, -0.05) is 6.92 Å². The number of nitrogens with one attached hydrogen (secondary N) is 1. The van der Waals surface area contributed by atoms with E-state index in [2.05, 4.69) is 11.9 Å². The standard InChI is InChI=1S/C17H21N3O2S/c1-3-20-16(22)13-5-4-12(10-14(13)18-17(20)23)15(21)19-8-6-11(2)7-9-19/h4-5,10-11H,3,6-9H2,1-2H3,(H,18,23). The Labute approximate surface area is 139 Å². The minimum Gasteiger partial charge on any atom is -0.339 e. The molecule has 23 heavy (non-hydrogen) atoms. The summed E-state index contributed by atoms with van der Waals surface area (Å²) in [6.07, 6.45) is 2.09. The molecule has 0 saturated carbocycles. The number of benzene rings is 1. The Morgan fingerprint density at radius 3 is 2.70 bits per heavy atom. The first kappa shape index (κ1) is 15.9. The van der Waals surface area contributed by atoms with Crippen molar-refractivity contribution >= 4 is 29.0 Å². The van der Waals surface area contributed by atoms with Gasteiger partial charge in [0.05, 0.1) is 10.9 Å². The molecule has 5 nitrogen and oxygen atoms in total. The Balaban J connectivity index is 1.99. The van der Waals surface area contributed by atoms with Crippen LogP contribution < -0.4 is 5.56 Å². The highest BCUT2D eigenvalue weighted by Gasteiger charge is 2.21. The number of H-pyrrole nitrogens is 1. The minimum absolute atomic E-state index is 0.0257. The summed E-state index contributed by atoms with van der Waals surface area (Å²) in [7, 11) is 0. The molecule has 1 aromatic heterocycles. The third-order valence-corrected chi connectivity index (χ3v) is 4.94. The molecule has 0 radical (unpaired) electrons. The number of aromatic nitrogens is 2. The van der Waals surface area contributed by atoms with Crippen LogP contribution in [0.25, 0.3) is 10.9 Å². The predicted molar refractivity (Wildman–Crippen MR) is 93.4 cm³/mol. The number of piperidine rings is 1. The Morgan fingerprint density at radius 2 is 2.04 bits per heavy atom. The first-order valence-electron chi connectivity index (χ1n) is 8.07. The van der Waals surface area contributed by atoms with Gasteiger partial charge in [0.2, 0.25) is 0 Å². The van der Waals surface area contributed by atoms with Crippen LogP contribution in [0.4, 0.5) is 0 Å². The predicted octanol–water partition coefficient (Wildman–Crippen LogP) is 2.95. The number of carbonyl (C=O) groups excluding carboxylic acids is 1. The number of carbonyl (C=O) groups is 1. The van der Waals surface area contributed by atoms with Crippen molar-refractivity contribution in [1.29, 1.82) is 0 Å². The van der Waals surface area contributed by atoms with Crippen molar-refractivity contribution in [2.24, 2.45) is 5.92 Å². The molecule has 0 spiro atoms. The topological polar surface area (TPSA) is 58.1 Å². The SMILES string of the molecule is CCn1c(=S)[nH]c2cc(C(=O)N3CCC(C)CC3)ccc2c1=O. The number of amides is 1. The molecule has 0 aliphatic carbocycles. The van der Waals surface area contributed by atoms with Gasteiger partial charge >= 0.3 is 0 Å². The van der Waals surface area contributed by atoms with Crippen LogP contribution in [-0.4, -0.2) is 33.4 Å². The largest absolute Gasteiger partial charge is 0.339 e. The maximum atomic E-state index is 12.6. The summed E-state index contributed by atoms with van der Waals surface area (Å²) in [6, 6.07) is 5.20. The van der Waals surface area contributed by atoms with E-state index in [0.717, 1.165) is 25.9 Å². The molecule has 2 aromatic rings. The maximum absolute atomic E-state index is 12.6. The van der Waals surface area contributed by atoms with Crippen LogP contribution in [0.2, 0.25) is 0 Å². The van der Waals surface area contributed by atoms with Gasteiger partial charge in [-0.05, 0) is 56.1 Å². The second kappa shape index (κ2) is 6.28. The van der Waals surface area contributed by atoms with Gasteiger partial charge in [0, 0.05) is 25.2 Å². The Kier molecular flexibility index (Phi) is 4.35. The highest BCUT2D eigenvalue weighted by molar-refractivity contribution is 7.71. The lowest BCUT2D eigenvalue weighted by Gasteiger charge is -2.30. The van der Waals surface area contributed by atoms with Crippen molar-refractivity contribution in [3.05, 3.63) is 38.9 Å². The minimum atomic E-state index is -0.114. The second-order valence-corrected chi connectivity index (χ2v) is 6.60. The number of hydrogen-bond acceptors (Lipinski definition) is 3. The zero-order chi connectivity index (χ0) is 16.6. The number of aromatic amines is 1. The Hall–Kier alpha value is -1.95. The summed E-state index contributed by atoms with van der Waals surface area (Å²) in [5.74, 6) is 0.706. The van der Waals surface area contributed by atoms with Gasteiger partial charge in [0.15, 0.2) is 4.77 Å². The fourth-order valence-corrected chi connectivity index (χ4v) is 3.39. The molecule has 3 rings (SSSR count). The first-order chi connectivity index (χ1) is 11.0. The van der Waals surface area contributed by atoms with E-state index in [-0.39, 0.29) is 11.5 Å². The Bertz CT molecular complexity index is 860. The van der Waals surface area contributed by atoms with Gasteiger partial charge < -0.3 is 9.88 Å². The maximum Gasteiger partial charge on any atom is 0.262 e. The third-order valence-electron chi connectivity index (χ3n) is 4.62. The molecule has 0 unspecified atom stereocenters. The van der Waals surface area contributed by atoms with Gasteiger partial charge in [0.1, 0.15) is 0 Å². The molecular formula is C17H21N3O2S. The molecule has 1 N–H and O–H groups in total. The van der Waals surface area contributed by atoms with Gasteiger partial charge in [-0.3, -0.25) is 14.2 Å². The van der Waals surface area contributed by atoms with Crippen LogP contribution in [0.15, 0.2) is 23.0 Å². The van der Waals surface area contributed by atoms with E-state index < -0.39 is 0 Å². The van der Waals surface area contributed by atoms with E-state index in [9.17, 15) is 9.59 Å². The zero-order valence-electron chi connectivity index (χ0n) is 13.5. The molecule has 0 atom stereocenters. The molecule has 1 saturated heterocycles. The van der Waals surface area contributed by atoms with Crippen molar-refractivity contribution in [2.75, 3.05) is 13.1 Å². The number of fused-ring (bicyclic) bond motifs is 1. The molecule has 0 bridgehead atoms. The smallest absolute Gasteiger partial charge is 0.262 e. The number of rotatable bonds is 2. The summed E-state index contributed by atoms with van der Waals surface area (Å²) in [4.78, 5) is 30.0. The summed E-state index contributed by atoms with van der Waals surface area (Å²) in [6.45, 7) is 6.22. The average molecular weight is 331 g/mol. The molecule has 122 valence electrons. The summed E-state index contributed by atoms with van der Waals surface area (Å²) >= 11 is 5.23. The fourth-order valence-electron chi connectivity index (χ4n) is 3.07. The lowest BCUT2D eigenvalue weighted by Crippen LogP contribution is -2.37. The normalized spacial score (nSPS) is 16.0. The Morgan fingerprint density at radius 1 is 1.35 bits per heavy atom. The van der Waals surface area contributed by atoms with E-state index in [1.165, 1.54) is 4.57 Å². The van der Waals surface area contributed by atoms with E-state index >= 15 is 0 Å². The van der Waals surface area contributed by atoms with Crippen molar-refractivity contribution in [3.8, 4) is 0 Å². The van der Waals surface area contributed by atoms with Gasteiger partial charge in [-0.25, -0.2) is 0 Å². The quantitative estimate of drug-likeness (QED) is 0.861. The van der Waals surface area contributed by atoms with Crippen LogP contribution in [0.5, 0.6) is 0 Å². The molecule has 1 amide bonds. The van der Waals surface area contributed by atoms with Crippen LogP contribution in [-0.2, 0) is 6.54 Å². The first-order valence-corrected chi connectivity index (χ1v) is 8.48. The molecule has 1 aliphatic heterocycles. The zero-order valence-corrected chi connectivity index (χ0v) is 14.3. The van der Waals surface area contributed by atoms with Gasteiger partial charge in [-0.15, -0.1) is 0 Å². The van der Waals surface area contributed by atoms with Crippen LogP contribution >= 0.6 is 12.2 Å². The number of likely N-dealkylation sites (tertiary alicyclic amines) is 1. The molecule has 1 aliphatic rings. The summed E-state index contributed by atoms with van der Waals surface area (Å²) in [5.41, 5.74) is 1.12. The lowest BCUT2D eigenvalue weighted by molar-refractivity contribution is 0.0697. The highest BCUT2D eigenvalue weighted by Crippen LogP contribution is 2.19. The van der Waals surface area contributed by atoms with E-state index in [0.29, 0.717) is 33.7 Å². The van der Waals surface area contributed by atoms with Crippen molar-refractivity contribution in [2.45, 2.75) is 33.2 Å². The van der Waals surface area contributed by atoms with Gasteiger partial charge in [-0.2, -0.15) is 0 Å². The fraction of sp³-hybridized carbons (Fsp3) is 0.471. The van der Waals surface area contributed by atoms with Crippen LogP contribution in [0, 0.1) is 10.7 Å². The molecule has 6 heteroatoms. The molecule has 1 aromatic carbocycles. The monoisotopic (exact) mass is 331 g/mol. The highest BCUT2D eigenvalue weighted by atomic mass is 32.1. The van der Waals surface area contributed by atoms with E-state index in [1.54, 1.807) is 18.2 Å². The van der Waals surface area contributed by atoms with Crippen molar-refractivity contribution < 1.29 is 4.79 Å². The van der Waals surface area contributed by atoms with E-state index in [1.807, 2.05) is 11.8 Å². The second-order valence-electron chi connectivity index (χ2n) is 6.21. The average Bonchev–Trinajstić information content (AvgIpc) is 2.54. The third kappa shape index (κ3) is 2.95. The lowest BCUT2D eigenvalue weighted by atomic mass is 9.98. The van der Waals surface area contributed by atoms with Crippen molar-refractivity contribution in [1.82, 2.24) is 14.5 Å². The van der Waals surface area contributed by atoms with Crippen LogP contribution in [0.3, 0.4) is 0 Å². The number of nitrogens with zero attached hydrogens (tertiary/aromatic N) is 2. The van der Waals surface area contributed by atoms with E-state index in [4.69, 9.17) is 12.2 Å². The van der Waals surface area contributed by atoms with Crippen molar-refractivity contribution in [3.63, 3.8) is 0 Å². The summed E-state index contributed by atoms with van der Waals surface area (Å²) in [5, 5.41) is 0.560. The molecule has 2 heterocycles. The number of hydrogen-bond donors (Lipinski definition) is 1. The molecular weight excluding hydrogens is 310 g/mol. The van der Waals surface area contributed by atoms with Gasteiger partial charge in [0.25, 0.3) is 11.5 Å². The summed E-state index contributed by atoms with van der Waals surface area (Å²) < 4.78 is 1.91. The van der Waals surface area contributed by atoms with Crippen LogP contribution in [0.1, 0.15) is 37.0 Å². The molecule has 1 fully saturated rings.